The van der Waals surface area contributed by atoms with Gasteiger partial charge in [-0.2, -0.15) is 0 Å². The molecule has 0 spiro atoms. The Labute approximate surface area is 115 Å². The van der Waals surface area contributed by atoms with Crippen LogP contribution in [-0.2, 0) is 0 Å². The highest BCUT2D eigenvalue weighted by Crippen LogP contribution is 2.34. The van der Waals surface area contributed by atoms with Gasteiger partial charge in [0.25, 0.3) is 0 Å². The topological polar surface area (TPSA) is 63.7 Å². The molecule has 1 aliphatic rings. The van der Waals surface area contributed by atoms with Crippen molar-refractivity contribution in [1.82, 2.24) is 4.98 Å². The van der Waals surface area contributed by atoms with Gasteiger partial charge in [-0.05, 0) is 12.1 Å². The summed E-state index contributed by atoms with van der Waals surface area (Å²) in [6.45, 7) is 0.658. The fraction of sp³-hybridized carbons (Fsp3) is 0.231. The number of ether oxygens (including phenoxy) is 1. The van der Waals surface area contributed by atoms with Crippen LogP contribution in [-0.4, -0.2) is 24.6 Å². The lowest BCUT2D eigenvalue weighted by Gasteiger charge is -2.25. The Morgan fingerprint density at radius 3 is 3.11 bits per heavy atom. The molecule has 0 fully saturated rings. The lowest BCUT2D eigenvalue weighted by atomic mass is 10.2. The molecule has 2 aromatic rings. The number of hydrogen-bond acceptors (Lipinski definition) is 6. The van der Waals surface area contributed by atoms with Crippen LogP contribution in [0.4, 0.5) is 5.69 Å². The van der Waals surface area contributed by atoms with E-state index in [2.05, 4.69) is 9.98 Å². The number of rotatable bonds is 3. The monoisotopic (exact) mass is 274 g/mol. The van der Waals surface area contributed by atoms with Gasteiger partial charge in [-0.15, -0.1) is 11.3 Å². The molecular weight excluding hydrogens is 260 g/mol. The third kappa shape index (κ3) is 2.15. The Balaban J connectivity index is 1.98. The molecule has 1 atom stereocenters. The van der Waals surface area contributed by atoms with Crippen LogP contribution in [0, 0.1) is 0 Å². The van der Waals surface area contributed by atoms with Gasteiger partial charge in [0.1, 0.15) is 5.75 Å². The van der Waals surface area contributed by atoms with Crippen LogP contribution >= 0.6 is 11.3 Å². The van der Waals surface area contributed by atoms with E-state index in [9.17, 15) is 0 Å². The molecular formula is C13H14N4OS. The van der Waals surface area contributed by atoms with Crippen molar-refractivity contribution < 1.29 is 4.74 Å². The molecule has 2 N–H and O–H groups in total. The van der Waals surface area contributed by atoms with Gasteiger partial charge in [0.2, 0.25) is 0 Å². The summed E-state index contributed by atoms with van der Waals surface area (Å²) in [5.41, 5.74) is 8.83. The lowest BCUT2D eigenvalue weighted by molar-refractivity contribution is 0.415. The van der Waals surface area contributed by atoms with Crippen molar-refractivity contribution in [3.05, 3.63) is 40.8 Å². The van der Waals surface area contributed by atoms with E-state index >= 15 is 0 Å². The normalized spacial score (nSPS) is 18.5. The van der Waals surface area contributed by atoms with E-state index in [1.54, 1.807) is 18.4 Å². The summed E-state index contributed by atoms with van der Waals surface area (Å²) in [6, 6.07) is 7.95. The zero-order valence-electron chi connectivity index (χ0n) is 10.5. The number of hydrogen-bond donors (Lipinski definition) is 1. The van der Waals surface area contributed by atoms with Gasteiger partial charge in [0.15, 0.2) is 5.96 Å². The molecule has 0 aliphatic carbocycles. The predicted octanol–water partition coefficient (Wildman–Crippen LogP) is 2.03. The SMILES string of the molecule is COc1cccc(N2C(N)=NCC2c2cncs2)c1. The Kier molecular flexibility index (Phi) is 3.08. The summed E-state index contributed by atoms with van der Waals surface area (Å²) in [7, 11) is 1.65. The van der Waals surface area contributed by atoms with Crippen LogP contribution in [0.25, 0.3) is 0 Å². The Morgan fingerprint density at radius 2 is 2.37 bits per heavy atom. The van der Waals surface area contributed by atoms with E-state index in [0.717, 1.165) is 16.3 Å². The Bertz CT molecular complexity index is 596. The number of thiazole rings is 1. The maximum atomic E-state index is 6.02. The summed E-state index contributed by atoms with van der Waals surface area (Å²) < 4.78 is 5.26. The number of guanidine groups is 1. The molecule has 0 amide bonds. The minimum Gasteiger partial charge on any atom is -0.497 e. The van der Waals surface area contributed by atoms with Crippen LogP contribution in [0.15, 0.2) is 41.0 Å². The Morgan fingerprint density at radius 1 is 1.47 bits per heavy atom. The van der Waals surface area contributed by atoms with Crippen molar-refractivity contribution in [2.24, 2.45) is 10.7 Å². The molecule has 0 radical (unpaired) electrons. The summed E-state index contributed by atoms with van der Waals surface area (Å²) in [5.74, 6) is 1.34. The first-order chi connectivity index (χ1) is 9.29. The van der Waals surface area contributed by atoms with Crippen LogP contribution in [0.3, 0.4) is 0 Å². The third-order valence-corrected chi connectivity index (χ3v) is 3.97. The standard InChI is InChI=1S/C13H14N4OS/c1-18-10-4-2-3-9(5-10)17-11(6-16-13(17)14)12-7-15-8-19-12/h2-5,7-8,11H,6H2,1H3,(H2,14,16). The fourth-order valence-corrected chi connectivity index (χ4v) is 2.88. The highest BCUT2D eigenvalue weighted by Gasteiger charge is 2.29. The van der Waals surface area contributed by atoms with Gasteiger partial charge in [-0.3, -0.25) is 9.98 Å². The number of anilines is 1. The molecule has 2 heterocycles. The smallest absolute Gasteiger partial charge is 0.196 e. The highest BCUT2D eigenvalue weighted by molar-refractivity contribution is 7.09. The molecule has 5 nitrogen and oxygen atoms in total. The Hall–Kier alpha value is -2.08. The zero-order chi connectivity index (χ0) is 13.2. The second-order valence-electron chi connectivity index (χ2n) is 4.19. The molecule has 98 valence electrons. The fourth-order valence-electron chi connectivity index (χ4n) is 2.18. The minimum atomic E-state index is 0.125. The van der Waals surface area contributed by atoms with E-state index in [1.807, 2.05) is 40.9 Å². The third-order valence-electron chi connectivity index (χ3n) is 3.10. The van der Waals surface area contributed by atoms with Gasteiger partial charge in [0, 0.05) is 22.8 Å². The summed E-state index contributed by atoms with van der Waals surface area (Å²) in [4.78, 5) is 11.7. The van der Waals surface area contributed by atoms with Crippen LogP contribution in [0.5, 0.6) is 5.75 Å². The predicted molar refractivity (Wildman–Crippen MR) is 76.8 cm³/mol. The van der Waals surface area contributed by atoms with Crippen molar-refractivity contribution in [3.8, 4) is 5.75 Å². The summed E-state index contributed by atoms with van der Waals surface area (Å²) in [6.07, 6.45) is 1.87. The van der Waals surface area contributed by atoms with E-state index in [0.29, 0.717) is 12.5 Å². The number of nitrogens with two attached hydrogens (primary N) is 1. The number of benzene rings is 1. The van der Waals surface area contributed by atoms with Crippen molar-refractivity contribution in [2.75, 3.05) is 18.6 Å². The zero-order valence-corrected chi connectivity index (χ0v) is 11.3. The number of methoxy groups -OCH3 is 1. The van der Waals surface area contributed by atoms with Crippen molar-refractivity contribution >= 4 is 23.0 Å². The average Bonchev–Trinajstić information content (AvgIpc) is 3.07. The molecule has 6 heteroatoms. The van der Waals surface area contributed by atoms with Gasteiger partial charge in [-0.25, -0.2) is 0 Å². The highest BCUT2D eigenvalue weighted by atomic mass is 32.1. The second-order valence-corrected chi connectivity index (χ2v) is 5.11. The van der Waals surface area contributed by atoms with Crippen LogP contribution in [0.2, 0.25) is 0 Å². The number of nitrogens with zero attached hydrogens (tertiary/aromatic N) is 3. The lowest BCUT2D eigenvalue weighted by Crippen LogP contribution is -2.35. The second kappa shape index (κ2) is 4.89. The maximum absolute atomic E-state index is 6.02. The van der Waals surface area contributed by atoms with Gasteiger partial charge >= 0.3 is 0 Å². The van der Waals surface area contributed by atoms with Crippen LogP contribution in [0.1, 0.15) is 10.9 Å². The molecule has 0 saturated heterocycles. The van der Waals surface area contributed by atoms with Crippen molar-refractivity contribution in [3.63, 3.8) is 0 Å². The first-order valence-corrected chi connectivity index (χ1v) is 6.79. The van der Waals surface area contributed by atoms with E-state index in [-0.39, 0.29) is 6.04 Å². The molecule has 0 saturated carbocycles. The van der Waals surface area contributed by atoms with E-state index < -0.39 is 0 Å². The molecule has 0 bridgehead atoms. The van der Waals surface area contributed by atoms with Gasteiger partial charge in [0.05, 0.1) is 25.2 Å². The summed E-state index contributed by atoms with van der Waals surface area (Å²) >= 11 is 1.62. The molecule has 1 unspecified atom stereocenters. The van der Waals surface area contributed by atoms with Gasteiger partial charge in [-0.1, -0.05) is 6.07 Å². The average molecular weight is 274 g/mol. The van der Waals surface area contributed by atoms with E-state index in [1.165, 1.54) is 0 Å². The summed E-state index contributed by atoms with van der Waals surface area (Å²) in [5, 5.41) is 0. The van der Waals surface area contributed by atoms with Crippen molar-refractivity contribution in [1.29, 1.82) is 0 Å². The van der Waals surface area contributed by atoms with Crippen molar-refractivity contribution in [2.45, 2.75) is 6.04 Å². The number of aromatic nitrogens is 1. The quantitative estimate of drug-likeness (QED) is 0.930. The first-order valence-electron chi connectivity index (χ1n) is 5.91. The first kappa shape index (κ1) is 12.0. The molecule has 1 aromatic carbocycles. The van der Waals surface area contributed by atoms with Crippen LogP contribution < -0.4 is 15.4 Å². The molecule has 1 aliphatic heterocycles. The van der Waals surface area contributed by atoms with Gasteiger partial charge < -0.3 is 15.4 Å². The number of aliphatic imine (C=N–C) groups is 1. The molecule has 1 aromatic heterocycles. The largest absolute Gasteiger partial charge is 0.497 e. The van der Waals surface area contributed by atoms with E-state index in [4.69, 9.17) is 10.5 Å². The molecule has 19 heavy (non-hydrogen) atoms. The molecule has 3 rings (SSSR count). The maximum Gasteiger partial charge on any atom is 0.196 e. The minimum absolute atomic E-state index is 0.125.